The van der Waals surface area contributed by atoms with E-state index in [4.69, 9.17) is 4.74 Å². The van der Waals surface area contributed by atoms with E-state index in [2.05, 4.69) is 12.2 Å². The predicted octanol–water partition coefficient (Wildman–Crippen LogP) is 2.42. The van der Waals surface area contributed by atoms with Crippen LogP contribution in [-0.4, -0.2) is 74.2 Å². The Bertz CT molecular complexity index is 1390. The summed E-state index contributed by atoms with van der Waals surface area (Å²) < 4.78 is 5.16. The fourth-order valence-electron chi connectivity index (χ4n) is 9.07. The lowest BCUT2D eigenvalue weighted by Crippen LogP contribution is -2.62. The number of allylic oxidation sites excluding steroid dienone is 1. The van der Waals surface area contributed by atoms with E-state index in [0.29, 0.717) is 24.8 Å². The standard InChI is InChI=1S/C34H43NO10/c1-32-14-12-21(36)16-20(32)8-9-22-23-13-15-34(44,33(23,2)17-24(37)28(22)32)25(38)18-45-27(40)11-10-26(39)35-29(31(42)43)30(41)19-6-4-3-5-7-19/h3-7,16,22-24,28-30,37,41,44H,8-15,17-18H2,1-2H3,(H,35,39)(H,42,43)/t22-,23+,24+,28+,29-,30-,32+,33+,34+/m1/s1. The summed E-state index contributed by atoms with van der Waals surface area (Å²) in [5, 5.41) is 45.5. The number of aliphatic carboxylic acids is 1. The number of aliphatic hydroxyl groups is 3. The monoisotopic (exact) mass is 625 g/mol. The van der Waals surface area contributed by atoms with Crippen molar-refractivity contribution >= 4 is 29.4 Å². The third kappa shape index (κ3) is 5.86. The first kappa shape index (κ1) is 33.0. The van der Waals surface area contributed by atoms with Gasteiger partial charge < -0.3 is 30.5 Å². The van der Waals surface area contributed by atoms with Gasteiger partial charge in [0.05, 0.1) is 12.5 Å². The summed E-state index contributed by atoms with van der Waals surface area (Å²) in [5.74, 6) is -3.66. The number of nitrogens with one attached hydrogen (secondary N) is 1. The Balaban J connectivity index is 1.17. The zero-order valence-corrected chi connectivity index (χ0v) is 25.7. The fraction of sp³-hybridized carbons (Fsp3) is 0.618. The predicted molar refractivity (Wildman–Crippen MR) is 159 cm³/mol. The van der Waals surface area contributed by atoms with Crippen LogP contribution in [0.2, 0.25) is 0 Å². The minimum Gasteiger partial charge on any atom is -0.480 e. The smallest absolute Gasteiger partial charge is 0.329 e. The van der Waals surface area contributed by atoms with Gasteiger partial charge in [-0.2, -0.15) is 0 Å². The van der Waals surface area contributed by atoms with Gasteiger partial charge >= 0.3 is 11.9 Å². The number of rotatable bonds is 10. The molecule has 244 valence electrons. The van der Waals surface area contributed by atoms with Gasteiger partial charge in [-0.3, -0.25) is 19.2 Å². The number of ketones is 2. The quantitative estimate of drug-likeness (QED) is 0.242. The Morgan fingerprint density at radius 2 is 1.76 bits per heavy atom. The highest BCUT2D eigenvalue weighted by molar-refractivity contribution is 5.92. The molecule has 45 heavy (non-hydrogen) atoms. The zero-order valence-electron chi connectivity index (χ0n) is 25.7. The number of amides is 1. The van der Waals surface area contributed by atoms with Gasteiger partial charge in [-0.15, -0.1) is 0 Å². The Labute approximate surface area is 262 Å². The Hall–Kier alpha value is -3.41. The number of hydrogen-bond acceptors (Lipinski definition) is 9. The molecule has 0 bridgehead atoms. The van der Waals surface area contributed by atoms with Crippen molar-refractivity contribution in [1.29, 1.82) is 0 Å². The topological polar surface area (TPSA) is 188 Å². The number of carbonyl (C=O) groups is 5. The van der Waals surface area contributed by atoms with Gasteiger partial charge in [0.2, 0.25) is 11.7 Å². The summed E-state index contributed by atoms with van der Waals surface area (Å²) >= 11 is 0. The molecule has 11 nitrogen and oxygen atoms in total. The van der Waals surface area contributed by atoms with E-state index in [-0.39, 0.29) is 41.8 Å². The molecule has 4 aliphatic rings. The first-order chi connectivity index (χ1) is 21.2. The number of carboxylic acids is 1. The highest BCUT2D eigenvalue weighted by Gasteiger charge is 2.68. The highest BCUT2D eigenvalue weighted by atomic mass is 16.5. The zero-order chi connectivity index (χ0) is 32.7. The van der Waals surface area contributed by atoms with E-state index in [9.17, 15) is 44.4 Å². The van der Waals surface area contributed by atoms with Gasteiger partial charge in [0, 0.05) is 18.3 Å². The van der Waals surface area contributed by atoms with E-state index in [1.807, 2.05) is 6.92 Å². The number of ether oxygens (including phenoxy) is 1. The van der Waals surface area contributed by atoms with Crippen molar-refractivity contribution in [3.63, 3.8) is 0 Å². The molecule has 0 unspecified atom stereocenters. The highest BCUT2D eigenvalue weighted by Crippen LogP contribution is 2.67. The van der Waals surface area contributed by atoms with Crippen LogP contribution in [0.25, 0.3) is 0 Å². The second kappa shape index (κ2) is 12.4. The van der Waals surface area contributed by atoms with E-state index in [1.54, 1.807) is 24.3 Å². The summed E-state index contributed by atoms with van der Waals surface area (Å²) in [6.45, 7) is 3.28. The molecule has 1 amide bonds. The molecule has 0 aliphatic heterocycles. The van der Waals surface area contributed by atoms with Crippen molar-refractivity contribution < 1.29 is 49.1 Å². The number of fused-ring (bicyclic) bond motifs is 5. The van der Waals surface area contributed by atoms with Gasteiger partial charge in [-0.05, 0) is 73.3 Å². The molecule has 11 heteroatoms. The second-order valence-corrected chi connectivity index (χ2v) is 13.8. The van der Waals surface area contributed by atoms with Crippen LogP contribution in [0.1, 0.15) is 83.3 Å². The number of aliphatic hydroxyl groups excluding tert-OH is 2. The Kier molecular flexibility index (Phi) is 9.09. The fourth-order valence-corrected chi connectivity index (χ4v) is 9.07. The molecule has 0 aromatic heterocycles. The van der Waals surface area contributed by atoms with Crippen LogP contribution in [0.3, 0.4) is 0 Å². The number of Topliss-reactive ketones (excluding diaryl/α,β-unsaturated/α-hetero) is 1. The lowest BCUT2D eigenvalue weighted by Gasteiger charge is -2.60. The molecule has 0 spiro atoms. The Morgan fingerprint density at radius 3 is 2.44 bits per heavy atom. The molecule has 3 saturated carbocycles. The number of hydrogen-bond donors (Lipinski definition) is 5. The summed E-state index contributed by atoms with van der Waals surface area (Å²) in [6, 6.07) is 6.35. The van der Waals surface area contributed by atoms with Crippen LogP contribution < -0.4 is 5.32 Å². The maximum Gasteiger partial charge on any atom is 0.329 e. The third-order valence-electron chi connectivity index (χ3n) is 11.5. The lowest BCUT2D eigenvalue weighted by molar-refractivity contribution is -0.184. The molecular weight excluding hydrogens is 582 g/mol. The molecule has 0 radical (unpaired) electrons. The Morgan fingerprint density at radius 1 is 1.04 bits per heavy atom. The molecule has 5 rings (SSSR count). The van der Waals surface area contributed by atoms with Crippen molar-refractivity contribution in [2.75, 3.05) is 6.61 Å². The van der Waals surface area contributed by atoms with E-state index < -0.39 is 72.3 Å². The van der Waals surface area contributed by atoms with Crippen LogP contribution >= 0.6 is 0 Å². The molecule has 0 saturated heterocycles. The molecule has 3 fully saturated rings. The number of carbonyl (C=O) groups excluding carboxylic acids is 4. The van der Waals surface area contributed by atoms with Gasteiger partial charge in [-0.25, -0.2) is 4.79 Å². The van der Waals surface area contributed by atoms with E-state index in [0.717, 1.165) is 18.4 Å². The summed E-state index contributed by atoms with van der Waals surface area (Å²) in [5.41, 5.74) is -1.63. The largest absolute Gasteiger partial charge is 0.480 e. The minimum absolute atomic E-state index is 0.0244. The van der Waals surface area contributed by atoms with Crippen LogP contribution in [0.15, 0.2) is 42.0 Å². The molecular formula is C34H43NO10. The molecule has 9 atom stereocenters. The van der Waals surface area contributed by atoms with Crippen molar-refractivity contribution in [2.45, 2.75) is 95.5 Å². The number of benzene rings is 1. The lowest BCUT2D eigenvalue weighted by atomic mass is 9.45. The van der Waals surface area contributed by atoms with Gasteiger partial charge in [0.15, 0.2) is 18.4 Å². The van der Waals surface area contributed by atoms with E-state index in [1.165, 1.54) is 12.1 Å². The van der Waals surface area contributed by atoms with Crippen molar-refractivity contribution in [3.05, 3.63) is 47.5 Å². The summed E-state index contributed by atoms with van der Waals surface area (Å²) in [6.07, 6.45) is 2.23. The summed E-state index contributed by atoms with van der Waals surface area (Å²) in [4.78, 5) is 62.2. The molecule has 0 heterocycles. The molecule has 1 aromatic rings. The maximum atomic E-state index is 13.5. The van der Waals surface area contributed by atoms with Crippen molar-refractivity contribution in [3.8, 4) is 0 Å². The van der Waals surface area contributed by atoms with Crippen LogP contribution in [0.5, 0.6) is 0 Å². The normalized spacial score (nSPS) is 35.1. The first-order valence-corrected chi connectivity index (χ1v) is 15.8. The van der Waals surface area contributed by atoms with Crippen LogP contribution in [-0.2, 0) is 28.7 Å². The first-order valence-electron chi connectivity index (χ1n) is 15.8. The molecule has 5 N–H and O–H groups in total. The SMILES string of the molecule is C[C@]12CCC(=O)C=C1CC[C@H]1[C@H]2[C@@H](O)C[C@@]2(C)[C@H]1CC[C@]2(O)C(=O)COC(=O)CCC(=O)N[C@@H](C(=O)O)[C@H](O)c1ccccc1. The number of carboxylic acid groups (broad SMARTS) is 1. The second-order valence-electron chi connectivity index (χ2n) is 13.8. The number of esters is 1. The average Bonchev–Trinajstić information content (AvgIpc) is 3.28. The molecule has 4 aliphatic carbocycles. The van der Waals surface area contributed by atoms with Crippen molar-refractivity contribution in [2.24, 2.45) is 28.6 Å². The molecule has 1 aromatic carbocycles. The van der Waals surface area contributed by atoms with Gasteiger partial charge in [0.25, 0.3) is 0 Å². The van der Waals surface area contributed by atoms with Gasteiger partial charge in [0.1, 0.15) is 11.7 Å². The van der Waals surface area contributed by atoms with Crippen LogP contribution in [0.4, 0.5) is 0 Å². The van der Waals surface area contributed by atoms with Crippen molar-refractivity contribution in [1.82, 2.24) is 5.32 Å². The minimum atomic E-state index is -1.80. The summed E-state index contributed by atoms with van der Waals surface area (Å²) in [7, 11) is 0. The van der Waals surface area contributed by atoms with Crippen LogP contribution in [0, 0.1) is 28.6 Å². The third-order valence-corrected chi connectivity index (χ3v) is 11.5. The van der Waals surface area contributed by atoms with Gasteiger partial charge in [-0.1, -0.05) is 49.8 Å². The maximum absolute atomic E-state index is 13.5. The van der Waals surface area contributed by atoms with E-state index >= 15 is 0 Å². The average molecular weight is 626 g/mol.